The Kier molecular flexibility index (Phi) is 6.35. The molecule has 0 amide bonds. The van der Waals surface area contributed by atoms with E-state index in [0.29, 0.717) is 0 Å². The van der Waals surface area contributed by atoms with Crippen molar-refractivity contribution < 1.29 is 0 Å². The molecule has 0 aliphatic carbocycles. The second-order valence-corrected chi connectivity index (χ2v) is 14.0. The van der Waals surface area contributed by atoms with Crippen LogP contribution in [0.15, 0.2) is 194 Å². The fourth-order valence-electron chi connectivity index (χ4n) is 8.83. The zero-order valence-electron chi connectivity index (χ0n) is 28.5. The van der Waals surface area contributed by atoms with Crippen LogP contribution in [0.3, 0.4) is 0 Å². The molecule has 0 saturated carbocycles. The van der Waals surface area contributed by atoms with E-state index in [2.05, 4.69) is 194 Å². The Balaban J connectivity index is 1.35. The van der Waals surface area contributed by atoms with E-state index in [-0.39, 0.29) is 0 Å². The van der Waals surface area contributed by atoms with Gasteiger partial charge in [0.15, 0.2) is 0 Å². The average Bonchev–Trinajstić information content (AvgIpc) is 3.22. The van der Waals surface area contributed by atoms with Gasteiger partial charge in [0.05, 0.1) is 0 Å². The van der Waals surface area contributed by atoms with Gasteiger partial charge < -0.3 is 0 Å². The molecule has 0 aliphatic rings. The molecule has 0 saturated heterocycles. The molecule has 52 heavy (non-hydrogen) atoms. The molecule has 0 nitrogen and oxygen atoms in total. The quantitative estimate of drug-likeness (QED) is 0.131. The second-order valence-electron chi connectivity index (χ2n) is 14.0. The molecule has 0 atom stereocenters. The third-order valence-corrected chi connectivity index (χ3v) is 11.2. The van der Waals surface area contributed by atoms with Crippen molar-refractivity contribution >= 4 is 64.6 Å². The van der Waals surface area contributed by atoms with Crippen molar-refractivity contribution in [2.45, 2.75) is 0 Å². The van der Waals surface area contributed by atoms with Crippen molar-refractivity contribution in [3.63, 3.8) is 0 Å². The van der Waals surface area contributed by atoms with E-state index in [0.717, 1.165) is 0 Å². The molecule has 0 aliphatic heterocycles. The second kappa shape index (κ2) is 11.4. The molecule has 0 fully saturated rings. The summed E-state index contributed by atoms with van der Waals surface area (Å²) in [4.78, 5) is 0. The van der Waals surface area contributed by atoms with Crippen LogP contribution in [0.25, 0.3) is 109 Å². The molecule has 11 aromatic rings. The zero-order valence-corrected chi connectivity index (χ0v) is 28.5. The lowest BCUT2D eigenvalue weighted by Crippen LogP contribution is -1.94. The maximum absolute atomic E-state index is 2.44. The van der Waals surface area contributed by atoms with E-state index in [9.17, 15) is 0 Å². The van der Waals surface area contributed by atoms with E-state index >= 15 is 0 Å². The molecule has 11 rings (SSSR count). The van der Waals surface area contributed by atoms with Gasteiger partial charge in [-0.25, -0.2) is 0 Å². The summed E-state index contributed by atoms with van der Waals surface area (Å²) in [6.45, 7) is 0. The fraction of sp³-hybridized carbons (Fsp3) is 0. The van der Waals surface area contributed by atoms with Crippen molar-refractivity contribution in [2.24, 2.45) is 0 Å². The molecule has 0 spiro atoms. The number of rotatable bonds is 4. The predicted molar refractivity (Wildman–Crippen MR) is 224 cm³/mol. The molecule has 0 N–H and O–H groups in total. The van der Waals surface area contributed by atoms with E-state index in [1.165, 1.54) is 109 Å². The Morgan fingerprint density at radius 3 is 1.33 bits per heavy atom. The number of fused-ring (bicyclic) bond motifs is 3. The highest BCUT2D eigenvalue weighted by atomic mass is 14.2. The highest BCUT2D eigenvalue weighted by Gasteiger charge is 2.22. The van der Waals surface area contributed by atoms with Gasteiger partial charge in [-0.05, 0) is 121 Å². The summed E-state index contributed by atoms with van der Waals surface area (Å²) in [7, 11) is 0. The Morgan fingerprint density at radius 2 is 0.673 bits per heavy atom. The summed E-state index contributed by atoms with van der Waals surface area (Å²) < 4.78 is 0. The standard InChI is InChI=1S/C52H32/c1-3-11-33(12-4-1)39-26-30-46-47(31-39)51(42-20-10-16-35-15-7-8-19-41(35)42)45-29-25-40(34-13-5-2-6-14-34)32-48(45)52(46)44-28-24-38-22-21-36-17-9-18-37-23-27-43(44)50(38)49(36)37/h1-32H. The summed E-state index contributed by atoms with van der Waals surface area (Å²) in [6, 6.07) is 72.0. The Bertz CT molecular complexity index is 3130. The minimum absolute atomic E-state index is 1.22. The first-order valence-electron chi connectivity index (χ1n) is 18.1. The molecule has 0 heteroatoms. The topological polar surface area (TPSA) is 0 Å². The van der Waals surface area contributed by atoms with Gasteiger partial charge in [-0.2, -0.15) is 0 Å². The Hall–Kier alpha value is -6.76. The van der Waals surface area contributed by atoms with Gasteiger partial charge >= 0.3 is 0 Å². The lowest BCUT2D eigenvalue weighted by atomic mass is 9.81. The molecule has 0 unspecified atom stereocenters. The van der Waals surface area contributed by atoms with Crippen molar-refractivity contribution in [1.29, 1.82) is 0 Å². The molecule has 0 aromatic heterocycles. The summed E-state index contributed by atoms with van der Waals surface area (Å²) in [6.07, 6.45) is 0. The molecule has 0 bridgehead atoms. The van der Waals surface area contributed by atoms with Gasteiger partial charge in [0, 0.05) is 0 Å². The predicted octanol–water partition coefficient (Wildman–Crippen LogP) is 14.7. The monoisotopic (exact) mass is 656 g/mol. The maximum atomic E-state index is 2.44. The van der Waals surface area contributed by atoms with Crippen LogP contribution in [0.2, 0.25) is 0 Å². The minimum Gasteiger partial charge on any atom is -0.0622 e. The minimum atomic E-state index is 1.22. The summed E-state index contributed by atoms with van der Waals surface area (Å²) in [5.41, 5.74) is 9.96. The first kappa shape index (κ1) is 29.0. The van der Waals surface area contributed by atoms with Gasteiger partial charge in [-0.3, -0.25) is 0 Å². The molecule has 0 heterocycles. The van der Waals surface area contributed by atoms with E-state index in [1.54, 1.807) is 0 Å². The van der Waals surface area contributed by atoms with E-state index < -0.39 is 0 Å². The van der Waals surface area contributed by atoms with Crippen molar-refractivity contribution in [3.8, 4) is 44.5 Å². The summed E-state index contributed by atoms with van der Waals surface area (Å²) in [5, 5.41) is 15.4. The first-order chi connectivity index (χ1) is 25.8. The SMILES string of the molecule is c1ccc(-c2ccc3c(-c4ccc5ccc6cccc7ccc4c5c67)c4cc(-c5ccccc5)ccc4c(-c4cccc5ccccc45)c3c2)cc1. The smallest absolute Gasteiger partial charge is 0.00199 e. The van der Waals surface area contributed by atoms with Gasteiger partial charge in [-0.1, -0.05) is 182 Å². The van der Waals surface area contributed by atoms with Crippen LogP contribution in [0, 0.1) is 0 Å². The fourth-order valence-corrected chi connectivity index (χ4v) is 8.83. The highest BCUT2D eigenvalue weighted by molar-refractivity contribution is 6.30. The molecule has 11 aromatic carbocycles. The first-order valence-corrected chi connectivity index (χ1v) is 18.1. The molecular formula is C52H32. The Morgan fingerprint density at radius 1 is 0.212 bits per heavy atom. The average molecular weight is 657 g/mol. The summed E-state index contributed by atoms with van der Waals surface area (Å²) in [5.74, 6) is 0. The van der Waals surface area contributed by atoms with E-state index in [1.807, 2.05) is 0 Å². The van der Waals surface area contributed by atoms with Crippen molar-refractivity contribution in [3.05, 3.63) is 194 Å². The van der Waals surface area contributed by atoms with Crippen LogP contribution in [0.5, 0.6) is 0 Å². The molecular weight excluding hydrogens is 625 g/mol. The number of hydrogen-bond acceptors (Lipinski definition) is 0. The van der Waals surface area contributed by atoms with Crippen molar-refractivity contribution in [1.82, 2.24) is 0 Å². The maximum Gasteiger partial charge on any atom is -0.00199 e. The normalized spacial score (nSPS) is 11.8. The van der Waals surface area contributed by atoms with Gasteiger partial charge in [0.1, 0.15) is 0 Å². The summed E-state index contributed by atoms with van der Waals surface area (Å²) >= 11 is 0. The van der Waals surface area contributed by atoms with Gasteiger partial charge in [0.25, 0.3) is 0 Å². The number of hydrogen-bond donors (Lipinski definition) is 0. The van der Waals surface area contributed by atoms with Gasteiger partial charge in [0.2, 0.25) is 0 Å². The van der Waals surface area contributed by atoms with Crippen LogP contribution in [-0.2, 0) is 0 Å². The lowest BCUT2D eigenvalue weighted by molar-refractivity contribution is 1.63. The van der Waals surface area contributed by atoms with Crippen LogP contribution in [0.4, 0.5) is 0 Å². The van der Waals surface area contributed by atoms with Gasteiger partial charge in [-0.15, -0.1) is 0 Å². The molecule has 0 radical (unpaired) electrons. The number of benzene rings is 11. The largest absolute Gasteiger partial charge is 0.0622 e. The third-order valence-electron chi connectivity index (χ3n) is 11.2. The van der Waals surface area contributed by atoms with Crippen LogP contribution in [0.1, 0.15) is 0 Å². The Labute approximate surface area is 302 Å². The third kappa shape index (κ3) is 4.35. The zero-order chi connectivity index (χ0) is 34.2. The molecule has 240 valence electrons. The van der Waals surface area contributed by atoms with Crippen LogP contribution >= 0.6 is 0 Å². The van der Waals surface area contributed by atoms with Crippen molar-refractivity contribution in [2.75, 3.05) is 0 Å². The lowest BCUT2D eigenvalue weighted by Gasteiger charge is -2.22. The van der Waals surface area contributed by atoms with Crippen LogP contribution < -0.4 is 0 Å². The van der Waals surface area contributed by atoms with E-state index in [4.69, 9.17) is 0 Å². The van der Waals surface area contributed by atoms with Crippen LogP contribution in [-0.4, -0.2) is 0 Å². The highest BCUT2D eigenvalue weighted by Crippen LogP contribution is 2.49.